The molecule has 1 aliphatic rings. The normalized spacial score (nSPS) is 17.5. The summed E-state index contributed by atoms with van der Waals surface area (Å²) in [6, 6.07) is 2.14. The van der Waals surface area contributed by atoms with Crippen LogP contribution in [0.5, 0.6) is 0 Å². The Labute approximate surface area is 103 Å². The Balaban J connectivity index is 2.10. The fourth-order valence-electron chi connectivity index (χ4n) is 2.24. The highest BCUT2D eigenvalue weighted by Gasteiger charge is 2.16. The SMILES string of the molecule is Cc1cc(CCO)cnc1N1CCN(C)CC1. The van der Waals surface area contributed by atoms with Crippen LogP contribution in [-0.4, -0.2) is 54.8 Å². The molecule has 0 bridgehead atoms. The Bertz CT molecular complexity index is 373. The molecule has 4 nitrogen and oxygen atoms in total. The standard InChI is InChI=1S/C13H21N3O/c1-11-9-12(3-8-17)10-14-13(11)16-6-4-15(2)5-7-16/h9-10,17H,3-8H2,1-2H3. The molecule has 1 fully saturated rings. The first-order valence-electron chi connectivity index (χ1n) is 6.20. The summed E-state index contributed by atoms with van der Waals surface area (Å²) < 4.78 is 0. The molecule has 94 valence electrons. The second kappa shape index (κ2) is 5.47. The molecule has 1 N–H and O–H groups in total. The summed E-state index contributed by atoms with van der Waals surface area (Å²) in [6.45, 7) is 6.57. The smallest absolute Gasteiger partial charge is 0.131 e. The van der Waals surface area contributed by atoms with E-state index in [2.05, 4.69) is 34.8 Å². The second-order valence-electron chi connectivity index (χ2n) is 4.75. The first-order chi connectivity index (χ1) is 8.20. The maximum Gasteiger partial charge on any atom is 0.131 e. The molecule has 0 aliphatic carbocycles. The van der Waals surface area contributed by atoms with Gasteiger partial charge in [-0.15, -0.1) is 0 Å². The molecule has 2 rings (SSSR count). The molecule has 0 amide bonds. The van der Waals surface area contributed by atoms with Crippen LogP contribution in [0.15, 0.2) is 12.3 Å². The van der Waals surface area contributed by atoms with Gasteiger partial charge in [0, 0.05) is 39.0 Å². The Morgan fingerprint density at radius 2 is 2.00 bits per heavy atom. The van der Waals surface area contributed by atoms with Gasteiger partial charge in [-0.2, -0.15) is 0 Å². The lowest BCUT2D eigenvalue weighted by Gasteiger charge is -2.34. The summed E-state index contributed by atoms with van der Waals surface area (Å²) in [4.78, 5) is 9.23. The van der Waals surface area contributed by atoms with Crippen molar-refractivity contribution in [2.24, 2.45) is 0 Å². The Morgan fingerprint density at radius 3 is 2.59 bits per heavy atom. The number of likely N-dealkylation sites (N-methyl/N-ethyl adjacent to an activating group) is 1. The molecule has 0 radical (unpaired) electrons. The third-order valence-corrected chi connectivity index (χ3v) is 3.31. The lowest BCUT2D eigenvalue weighted by molar-refractivity contribution is 0.299. The Hall–Kier alpha value is -1.13. The van der Waals surface area contributed by atoms with Gasteiger partial charge in [-0.1, -0.05) is 6.07 Å². The van der Waals surface area contributed by atoms with Crippen molar-refractivity contribution in [2.45, 2.75) is 13.3 Å². The fraction of sp³-hybridized carbons (Fsp3) is 0.615. The predicted octanol–water partition coefficient (Wildman–Crippen LogP) is 0.677. The van der Waals surface area contributed by atoms with Crippen LogP contribution in [-0.2, 0) is 6.42 Å². The molecule has 2 heterocycles. The van der Waals surface area contributed by atoms with E-state index >= 15 is 0 Å². The van der Waals surface area contributed by atoms with Gasteiger partial charge in [0.25, 0.3) is 0 Å². The van der Waals surface area contributed by atoms with Crippen LogP contribution in [0.25, 0.3) is 0 Å². The average molecular weight is 235 g/mol. The summed E-state index contributed by atoms with van der Waals surface area (Å²) >= 11 is 0. The van der Waals surface area contributed by atoms with E-state index in [4.69, 9.17) is 5.11 Å². The van der Waals surface area contributed by atoms with Crippen molar-refractivity contribution in [1.82, 2.24) is 9.88 Å². The minimum Gasteiger partial charge on any atom is -0.396 e. The molecule has 17 heavy (non-hydrogen) atoms. The van der Waals surface area contributed by atoms with Gasteiger partial charge in [0.05, 0.1) is 0 Å². The van der Waals surface area contributed by atoms with Crippen LogP contribution in [0.2, 0.25) is 0 Å². The quantitative estimate of drug-likeness (QED) is 0.836. The van der Waals surface area contributed by atoms with E-state index in [1.165, 1.54) is 5.56 Å². The average Bonchev–Trinajstić information content (AvgIpc) is 2.31. The summed E-state index contributed by atoms with van der Waals surface area (Å²) in [5.41, 5.74) is 2.32. The van der Waals surface area contributed by atoms with E-state index in [-0.39, 0.29) is 6.61 Å². The van der Waals surface area contributed by atoms with E-state index in [0.717, 1.165) is 37.6 Å². The first-order valence-corrected chi connectivity index (χ1v) is 6.20. The largest absolute Gasteiger partial charge is 0.396 e. The zero-order valence-electron chi connectivity index (χ0n) is 10.7. The van der Waals surface area contributed by atoms with Gasteiger partial charge in [-0.3, -0.25) is 0 Å². The fourth-order valence-corrected chi connectivity index (χ4v) is 2.24. The first kappa shape index (κ1) is 12.3. The van der Waals surface area contributed by atoms with Gasteiger partial charge < -0.3 is 14.9 Å². The number of aryl methyl sites for hydroxylation is 1. The van der Waals surface area contributed by atoms with Crippen LogP contribution < -0.4 is 4.90 Å². The molecule has 0 aromatic carbocycles. The summed E-state index contributed by atoms with van der Waals surface area (Å²) in [7, 11) is 2.15. The minimum atomic E-state index is 0.189. The van der Waals surface area contributed by atoms with Crippen molar-refractivity contribution in [3.63, 3.8) is 0 Å². The molecule has 0 unspecified atom stereocenters. The molecule has 0 saturated carbocycles. The lowest BCUT2D eigenvalue weighted by atomic mass is 10.1. The molecular weight excluding hydrogens is 214 g/mol. The van der Waals surface area contributed by atoms with E-state index in [0.29, 0.717) is 6.42 Å². The molecule has 0 spiro atoms. The topological polar surface area (TPSA) is 39.6 Å². The second-order valence-corrected chi connectivity index (χ2v) is 4.75. The number of aromatic nitrogens is 1. The molecule has 1 aromatic heterocycles. The number of hydrogen-bond acceptors (Lipinski definition) is 4. The van der Waals surface area contributed by atoms with Gasteiger partial charge in [-0.05, 0) is 31.5 Å². The van der Waals surface area contributed by atoms with Crippen LogP contribution in [0.4, 0.5) is 5.82 Å². The molecule has 0 atom stereocenters. The van der Waals surface area contributed by atoms with Gasteiger partial charge in [0.2, 0.25) is 0 Å². The highest BCUT2D eigenvalue weighted by atomic mass is 16.2. The van der Waals surface area contributed by atoms with Crippen LogP contribution in [0.3, 0.4) is 0 Å². The highest BCUT2D eigenvalue weighted by molar-refractivity contribution is 5.47. The number of hydrogen-bond donors (Lipinski definition) is 1. The number of aliphatic hydroxyl groups is 1. The van der Waals surface area contributed by atoms with Gasteiger partial charge >= 0.3 is 0 Å². The van der Waals surface area contributed by atoms with Crippen molar-refractivity contribution in [2.75, 3.05) is 44.7 Å². The van der Waals surface area contributed by atoms with Crippen molar-refractivity contribution in [1.29, 1.82) is 0 Å². The van der Waals surface area contributed by atoms with E-state index in [1.54, 1.807) is 0 Å². The van der Waals surface area contributed by atoms with Crippen molar-refractivity contribution >= 4 is 5.82 Å². The highest BCUT2D eigenvalue weighted by Crippen LogP contribution is 2.19. The van der Waals surface area contributed by atoms with E-state index in [1.807, 2.05) is 6.20 Å². The number of pyridine rings is 1. The van der Waals surface area contributed by atoms with E-state index < -0.39 is 0 Å². The molecule has 1 aliphatic heterocycles. The number of anilines is 1. The number of nitrogens with zero attached hydrogens (tertiary/aromatic N) is 3. The van der Waals surface area contributed by atoms with Crippen LogP contribution in [0.1, 0.15) is 11.1 Å². The monoisotopic (exact) mass is 235 g/mol. The minimum absolute atomic E-state index is 0.189. The van der Waals surface area contributed by atoms with Crippen LogP contribution in [0, 0.1) is 6.92 Å². The van der Waals surface area contributed by atoms with Crippen LogP contribution >= 0.6 is 0 Å². The third kappa shape index (κ3) is 2.96. The molecule has 1 aromatic rings. The number of rotatable bonds is 3. The Morgan fingerprint density at radius 1 is 1.29 bits per heavy atom. The summed E-state index contributed by atoms with van der Waals surface area (Å²) in [5, 5.41) is 8.91. The predicted molar refractivity (Wildman–Crippen MR) is 69.5 cm³/mol. The Kier molecular flexibility index (Phi) is 3.97. The maximum absolute atomic E-state index is 8.91. The maximum atomic E-state index is 8.91. The van der Waals surface area contributed by atoms with Crippen molar-refractivity contribution in [3.8, 4) is 0 Å². The number of piperazine rings is 1. The van der Waals surface area contributed by atoms with Gasteiger partial charge in [-0.25, -0.2) is 4.98 Å². The number of aliphatic hydroxyl groups excluding tert-OH is 1. The van der Waals surface area contributed by atoms with E-state index in [9.17, 15) is 0 Å². The van der Waals surface area contributed by atoms with Crippen molar-refractivity contribution < 1.29 is 5.11 Å². The van der Waals surface area contributed by atoms with Gasteiger partial charge in [0.1, 0.15) is 5.82 Å². The molecule has 1 saturated heterocycles. The molecule has 4 heteroatoms. The molecular formula is C13H21N3O. The zero-order chi connectivity index (χ0) is 12.3. The van der Waals surface area contributed by atoms with Gasteiger partial charge in [0.15, 0.2) is 0 Å². The lowest BCUT2D eigenvalue weighted by Crippen LogP contribution is -2.45. The summed E-state index contributed by atoms with van der Waals surface area (Å²) in [5.74, 6) is 1.10. The summed E-state index contributed by atoms with van der Waals surface area (Å²) in [6.07, 6.45) is 2.58. The van der Waals surface area contributed by atoms with Crippen molar-refractivity contribution in [3.05, 3.63) is 23.4 Å². The zero-order valence-corrected chi connectivity index (χ0v) is 10.7. The third-order valence-electron chi connectivity index (χ3n) is 3.31.